The minimum Gasteiger partial charge on any atom is -0.324 e. The highest BCUT2D eigenvalue weighted by Crippen LogP contribution is 2.16. The molecule has 1 N–H and O–H groups in total. The molecule has 0 unspecified atom stereocenters. The smallest absolute Gasteiger partial charge is 0.228 e. The van der Waals surface area contributed by atoms with Crippen LogP contribution in [0.1, 0.15) is 39.0 Å². The van der Waals surface area contributed by atoms with E-state index >= 15 is 0 Å². The van der Waals surface area contributed by atoms with Crippen LogP contribution in [-0.2, 0) is 9.59 Å². The van der Waals surface area contributed by atoms with Crippen LogP contribution in [-0.4, -0.2) is 16.7 Å². The van der Waals surface area contributed by atoms with E-state index in [4.69, 9.17) is 0 Å². The van der Waals surface area contributed by atoms with Crippen LogP contribution < -0.4 is 5.32 Å². The van der Waals surface area contributed by atoms with Gasteiger partial charge in [-0.2, -0.15) is 0 Å². The summed E-state index contributed by atoms with van der Waals surface area (Å²) in [5.74, 6) is 0.120. The number of rotatable bonds is 8. The largest absolute Gasteiger partial charge is 0.324 e. The van der Waals surface area contributed by atoms with Gasteiger partial charge in [0.2, 0.25) is 5.91 Å². The van der Waals surface area contributed by atoms with Crippen LogP contribution >= 0.6 is 0 Å². The van der Waals surface area contributed by atoms with Crippen molar-refractivity contribution >= 4 is 28.3 Å². The maximum Gasteiger partial charge on any atom is 0.228 e. The summed E-state index contributed by atoms with van der Waals surface area (Å²) in [5.41, 5.74) is 1.62. The molecule has 0 aliphatic carbocycles. The van der Waals surface area contributed by atoms with Crippen molar-refractivity contribution in [2.45, 2.75) is 39.0 Å². The Morgan fingerprint density at radius 3 is 2.82 bits per heavy atom. The molecule has 1 radical (unpaired) electrons. The van der Waals surface area contributed by atoms with E-state index in [1.807, 2.05) is 30.3 Å². The Morgan fingerprint density at radius 2 is 2.00 bits per heavy atom. The lowest BCUT2D eigenvalue weighted by molar-refractivity contribution is -0.117. The summed E-state index contributed by atoms with van der Waals surface area (Å²) in [6.45, 7) is 1.61. The van der Waals surface area contributed by atoms with Gasteiger partial charge in [-0.05, 0) is 31.9 Å². The summed E-state index contributed by atoms with van der Waals surface area (Å²) in [6.07, 6.45) is 7.49. The molecule has 0 aliphatic heterocycles. The zero-order valence-corrected chi connectivity index (χ0v) is 12.8. The van der Waals surface area contributed by atoms with E-state index in [0.717, 1.165) is 36.6 Å². The van der Waals surface area contributed by atoms with Crippen molar-refractivity contribution in [2.75, 3.05) is 5.32 Å². The van der Waals surface area contributed by atoms with E-state index in [2.05, 4.69) is 10.3 Å². The fourth-order valence-electron chi connectivity index (χ4n) is 2.26. The summed E-state index contributed by atoms with van der Waals surface area (Å²) in [6, 6.07) is 9.71. The van der Waals surface area contributed by atoms with E-state index in [-0.39, 0.29) is 11.7 Å². The molecular weight excluding hydrogens is 276 g/mol. The Hall–Kier alpha value is -2.23. The van der Waals surface area contributed by atoms with Crippen molar-refractivity contribution in [3.63, 3.8) is 0 Å². The Morgan fingerprint density at radius 1 is 1.18 bits per heavy atom. The number of anilines is 1. The Balaban J connectivity index is 1.73. The van der Waals surface area contributed by atoms with Crippen molar-refractivity contribution < 1.29 is 9.59 Å². The maximum atomic E-state index is 11.8. The van der Waals surface area contributed by atoms with E-state index in [0.29, 0.717) is 12.1 Å². The van der Waals surface area contributed by atoms with E-state index in [9.17, 15) is 9.59 Å². The molecule has 1 aromatic carbocycles. The van der Waals surface area contributed by atoms with Crippen molar-refractivity contribution in [1.82, 2.24) is 4.98 Å². The molecule has 2 aromatic rings. The first-order chi connectivity index (χ1) is 10.6. The number of hydrogen-bond acceptors (Lipinski definition) is 3. The summed E-state index contributed by atoms with van der Waals surface area (Å²) in [5, 5.41) is 3.84. The van der Waals surface area contributed by atoms with Gasteiger partial charge < -0.3 is 10.1 Å². The molecule has 22 heavy (non-hydrogen) atoms. The predicted octanol–water partition coefficient (Wildman–Crippen LogP) is 3.92. The highest BCUT2D eigenvalue weighted by Gasteiger charge is 2.04. The van der Waals surface area contributed by atoms with Crippen LogP contribution in [0, 0.1) is 6.42 Å². The number of nitrogens with zero attached hydrogens (tertiary/aromatic N) is 1. The third kappa shape index (κ3) is 5.28. The highest BCUT2D eigenvalue weighted by molar-refractivity contribution is 5.98. The number of fused-ring (bicyclic) bond motifs is 1. The number of carbonyl (C=O) groups is 2. The SMILES string of the molecule is CC(=O)CCCCC[CH]C(=O)Nc1cnc2ccccc2c1. The fraction of sp³-hybridized carbons (Fsp3) is 0.333. The number of unbranched alkanes of at least 4 members (excludes halogenated alkanes) is 3. The molecule has 0 fully saturated rings. The number of para-hydroxylation sites is 1. The van der Waals surface area contributed by atoms with Gasteiger partial charge in [0, 0.05) is 18.2 Å². The number of nitrogens with one attached hydrogen (secondary N) is 1. The second-order valence-electron chi connectivity index (χ2n) is 5.41. The summed E-state index contributed by atoms with van der Waals surface area (Å²) in [7, 11) is 0. The number of ketones is 1. The van der Waals surface area contributed by atoms with E-state index in [1.54, 1.807) is 19.5 Å². The second kappa shape index (κ2) is 8.27. The van der Waals surface area contributed by atoms with Gasteiger partial charge in [-0.1, -0.05) is 31.0 Å². The fourth-order valence-corrected chi connectivity index (χ4v) is 2.26. The zero-order valence-electron chi connectivity index (χ0n) is 12.8. The van der Waals surface area contributed by atoms with E-state index in [1.165, 1.54) is 0 Å². The van der Waals surface area contributed by atoms with Gasteiger partial charge in [-0.3, -0.25) is 9.78 Å². The minimum absolute atomic E-state index is 0.108. The number of Topliss-reactive ketones (excluding diaryl/α,β-unsaturated/α-hetero) is 1. The summed E-state index contributed by atoms with van der Waals surface area (Å²) < 4.78 is 0. The van der Waals surface area contributed by atoms with Crippen LogP contribution in [0.5, 0.6) is 0 Å². The van der Waals surface area contributed by atoms with Gasteiger partial charge in [0.25, 0.3) is 0 Å². The van der Waals surface area contributed by atoms with E-state index < -0.39 is 0 Å². The average molecular weight is 297 g/mol. The van der Waals surface area contributed by atoms with Gasteiger partial charge in [-0.15, -0.1) is 0 Å². The number of hydrogen-bond donors (Lipinski definition) is 1. The maximum absolute atomic E-state index is 11.8. The molecule has 0 atom stereocenters. The lowest BCUT2D eigenvalue weighted by Crippen LogP contribution is -2.12. The Labute approximate surface area is 130 Å². The number of amides is 1. The molecule has 1 heterocycles. The van der Waals surface area contributed by atoms with Crippen molar-refractivity contribution in [2.24, 2.45) is 0 Å². The van der Waals surface area contributed by atoms with Crippen molar-refractivity contribution in [3.05, 3.63) is 42.9 Å². The predicted molar refractivity (Wildman–Crippen MR) is 88.4 cm³/mol. The molecule has 0 bridgehead atoms. The molecule has 1 aromatic heterocycles. The first-order valence-electron chi connectivity index (χ1n) is 7.63. The van der Waals surface area contributed by atoms with Gasteiger partial charge in [0.05, 0.1) is 17.4 Å². The number of aromatic nitrogens is 1. The first kappa shape index (κ1) is 16.1. The second-order valence-corrected chi connectivity index (χ2v) is 5.41. The number of benzene rings is 1. The molecule has 115 valence electrons. The number of carbonyl (C=O) groups excluding carboxylic acids is 2. The van der Waals surface area contributed by atoms with Crippen LogP contribution in [0.15, 0.2) is 36.5 Å². The normalized spacial score (nSPS) is 10.6. The summed E-state index contributed by atoms with van der Waals surface area (Å²) in [4.78, 5) is 27.0. The third-order valence-electron chi connectivity index (χ3n) is 3.42. The molecular formula is C18H21N2O2. The van der Waals surface area contributed by atoms with Crippen molar-refractivity contribution in [3.8, 4) is 0 Å². The van der Waals surface area contributed by atoms with Crippen LogP contribution in [0.25, 0.3) is 10.9 Å². The molecule has 4 nitrogen and oxygen atoms in total. The zero-order chi connectivity index (χ0) is 15.8. The van der Waals surface area contributed by atoms with Gasteiger partial charge >= 0.3 is 0 Å². The Bertz CT molecular complexity index is 652. The third-order valence-corrected chi connectivity index (χ3v) is 3.42. The average Bonchev–Trinajstić information content (AvgIpc) is 2.50. The van der Waals surface area contributed by atoms with Crippen molar-refractivity contribution in [1.29, 1.82) is 0 Å². The van der Waals surface area contributed by atoms with Crippen LogP contribution in [0.4, 0.5) is 5.69 Å². The topological polar surface area (TPSA) is 59.1 Å². The lowest BCUT2D eigenvalue weighted by Gasteiger charge is -2.06. The molecule has 4 heteroatoms. The lowest BCUT2D eigenvalue weighted by atomic mass is 10.1. The molecule has 0 saturated carbocycles. The standard InChI is InChI=1S/C18H21N2O2/c1-14(21)8-4-2-3-5-11-18(22)20-16-12-15-9-6-7-10-17(15)19-13-16/h6-7,9-13H,2-5,8H2,1H3,(H,20,22). The van der Waals surface area contributed by atoms with Crippen LogP contribution in [0.2, 0.25) is 0 Å². The summed E-state index contributed by atoms with van der Waals surface area (Å²) >= 11 is 0. The first-order valence-corrected chi connectivity index (χ1v) is 7.63. The monoisotopic (exact) mass is 297 g/mol. The van der Waals surface area contributed by atoms with Gasteiger partial charge in [-0.25, -0.2) is 0 Å². The van der Waals surface area contributed by atoms with Gasteiger partial charge in [0.1, 0.15) is 5.78 Å². The molecule has 0 spiro atoms. The quantitative estimate of drug-likeness (QED) is 0.751. The van der Waals surface area contributed by atoms with Gasteiger partial charge in [0.15, 0.2) is 0 Å². The molecule has 1 amide bonds. The Kier molecular flexibility index (Phi) is 6.07. The molecule has 2 rings (SSSR count). The number of pyridine rings is 1. The van der Waals surface area contributed by atoms with Crippen LogP contribution in [0.3, 0.4) is 0 Å². The molecule has 0 saturated heterocycles. The highest BCUT2D eigenvalue weighted by atomic mass is 16.1. The molecule has 0 aliphatic rings. The minimum atomic E-state index is -0.108.